The highest BCUT2D eigenvalue weighted by atomic mass is 32.2. The van der Waals surface area contributed by atoms with Crippen LogP contribution in [0.25, 0.3) is 10.9 Å². The van der Waals surface area contributed by atoms with E-state index in [1.807, 2.05) is 29.2 Å². The highest BCUT2D eigenvalue weighted by molar-refractivity contribution is 7.89. The number of piperazine rings is 1. The minimum Gasteiger partial charge on any atom is -0.336 e. The summed E-state index contributed by atoms with van der Waals surface area (Å²) in [7, 11) is -3.79. The summed E-state index contributed by atoms with van der Waals surface area (Å²) in [6.45, 7) is 3.85. The second-order valence-electron chi connectivity index (χ2n) is 8.74. The van der Waals surface area contributed by atoms with Crippen LogP contribution < -0.4 is 4.72 Å². The largest absolute Gasteiger partial charge is 0.336 e. The molecule has 2 aromatic heterocycles. The van der Waals surface area contributed by atoms with Crippen molar-refractivity contribution in [3.05, 3.63) is 90.0 Å². The molecule has 9 heteroatoms. The summed E-state index contributed by atoms with van der Waals surface area (Å²) in [6, 6.07) is 12.7. The van der Waals surface area contributed by atoms with E-state index in [9.17, 15) is 13.2 Å². The Morgan fingerprint density at radius 2 is 1.69 bits per heavy atom. The zero-order valence-electron chi connectivity index (χ0n) is 19.3. The van der Waals surface area contributed by atoms with E-state index < -0.39 is 10.0 Å². The fourth-order valence-electron chi connectivity index (χ4n) is 4.48. The van der Waals surface area contributed by atoms with Gasteiger partial charge in [0.05, 0.1) is 5.52 Å². The molecule has 0 saturated carbocycles. The first kappa shape index (κ1) is 23.2. The van der Waals surface area contributed by atoms with Crippen LogP contribution in [-0.2, 0) is 21.4 Å². The van der Waals surface area contributed by atoms with Gasteiger partial charge in [-0.2, -0.15) is 0 Å². The monoisotopic (exact) mass is 489 g/mol. The number of nitrogens with zero attached hydrogens (tertiary/aromatic N) is 4. The lowest BCUT2D eigenvalue weighted by Crippen LogP contribution is -2.48. The molecule has 3 heterocycles. The Labute approximate surface area is 205 Å². The number of aromatic nitrogens is 2. The molecule has 1 fully saturated rings. The molecule has 2 aliphatic rings. The molecule has 0 spiro atoms. The number of carbonyl (C=O) groups excluding carboxylic acids is 1. The van der Waals surface area contributed by atoms with Gasteiger partial charge < -0.3 is 4.90 Å². The summed E-state index contributed by atoms with van der Waals surface area (Å²) in [5.74, 6) is 0.0324. The zero-order chi connectivity index (χ0) is 24.3. The van der Waals surface area contributed by atoms with Crippen molar-refractivity contribution in [3.63, 3.8) is 0 Å². The quantitative estimate of drug-likeness (QED) is 0.572. The fourth-order valence-corrected chi connectivity index (χ4v) is 5.79. The third-order valence-corrected chi connectivity index (χ3v) is 7.83. The highest BCUT2D eigenvalue weighted by Crippen LogP contribution is 2.24. The molecule has 1 aliphatic carbocycles. The maximum Gasteiger partial charge on any atom is 0.263 e. The topological polar surface area (TPSA) is 95.5 Å². The Morgan fingerprint density at radius 1 is 0.914 bits per heavy atom. The van der Waals surface area contributed by atoms with Crippen LogP contribution in [0.3, 0.4) is 0 Å². The predicted molar refractivity (Wildman–Crippen MR) is 134 cm³/mol. The number of hydrogen-bond acceptors (Lipinski definition) is 6. The second kappa shape index (κ2) is 9.97. The van der Waals surface area contributed by atoms with E-state index in [4.69, 9.17) is 0 Å². The number of fused-ring (bicyclic) bond motifs is 1. The van der Waals surface area contributed by atoms with E-state index in [1.54, 1.807) is 48.9 Å². The van der Waals surface area contributed by atoms with Crippen molar-refractivity contribution in [2.24, 2.45) is 0 Å². The van der Waals surface area contributed by atoms with Gasteiger partial charge in [-0.1, -0.05) is 24.3 Å². The van der Waals surface area contributed by atoms with Crippen molar-refractivity contribution in [1.82, 2.24) is 24.5 Å². The second-order valence-corrected chi connectivity index (χ2v) is 10.4. The van der Waals surface area contributed by atoms with Crippen LogP contribution in [0.15, 0.2) is 89.4 Å². The third kappa shape index (κ3) is 5.26. The van der Waals surface area contributed by atoms with Crippen LogP contribution in [0, 0.1) is 0 Å². The van der Waals surface area contributed by atoms with Crippen LogP contribution in [0.2, 0.25) is 0 Å². The number of amides is 1. The molecule has 0 bridgehead atoms. The van der Waals surface area contributed by atoms with Gasteiger partial charge in [-0.3, -0.25) is 24.4 Å². The summed E-state index contributed by atoms with van der Waals surface area (Å²) in [6.07, 6.45) is 9.58. The number of para-hydroxylation sites is 1. The van der Waals surface area contributed by atoms with Crippen LogP contribution in [-0.4, -0.2) is 60.3 Å². The van der Waals surface area contributed by atoms with Gasteiger partial charge in [-0.25, -0.2) is 8.42 Å². The summed E-state index contributed by atoms with van der Waals surface area (Å²) < 4.78 is 28.8. The standard InChI is InChI=1S/C26H27N5O3S/c32-26(31-17-15-30(16-18-31)19-20-10-13-27-14-11-20)22-6-8-23(9-7-22)29-35(33,34)24-5-1-3-21-4-2-12-28-25(21)24/h1-6,8,10-14,29H,7,9,15-19H2. The van der Waals surface area contributed by atoms with Crippen molar-refractivity contribution >= 4 is 26.8 Å². The van der Waals surface area contributed by atoms with Gasteiger partial charge in [0.1, 0.15) is 4.90 Å². The lowest BCUT2D eigenvalue weighted by molar-refractivity contribution is -0.129. The number of sulfonamides is 1. The van der Waals surface area contributed by atoms with E-state index in [1.165, 1.54) is 5.56 Å². The molecule has 35 heavy (non-hydrogen) atoms. The Bertz CT molecular complexity index is 1390. The van der Waals surface area contributed by atoms with E-state index >= 15 is 0 Å². The molecule has 0 radical (unpaired) electrons. The maximum absolute atomic E-state index is 13.0. The zero-order valence-corrected chi connectivity index (χ0v) is 20.1. The number of nitrogens with one attached hydrogen (secondary N) is 1. The molecule has 1 saturated heterocycles. The molecule has 3 aromatic rings. The Morgan fingerprint density at radius 3 is 2.43 bits per heavy atom. The van der Waals surface area contributed by atoms with Crippen molar-refractivity contribution in [2.45, 2.75) is 24.3 Å². The molecular weight excluding hydrogens is 462 g/mol. The molecule has 180 valence electrons. The van der Waals surface area contributed by atoms with Crippen molar-refractivity contribution < 1.29 is 13.2 Å². The van der Waals surface area contributed by atoms with E-state index in [-0.39, 0.29) is 10.8 Å². The number of carbonyl (C=O) groups is 1. The fraction of sp³-hybridized carbons (Fsp3) is 0.269. The third-order valence-electron chi connectivity index (χ3n) is 6.39. The molecule has 1 aromatic carbocycles. The Balaban J connectivity index is 1.21. The van der Waals surface area contributed by atoms with Gasteiger partial charge in [0, 0.05) is 68.0 Å². The van der Waals surface area contributed by atoms with E-state index in [0.29, 0.717) is 42.7 Å². The Kier molecular flexibility index (Phi) is 6.61. The van der Waals surface area contributed by atoms with Crippen molar-refractivity contribution in [1.29, 1.82) is 0 Å². The van der Waals surface area contributed by atoms with Gasteiger partial charge >= 0.3 is 0 Å². The maximum atomic E-state index is 13.0. The van der Waals surface area contributed by atoms with Gasteiger partial charge in [-0.15, -0.1) is 0 Å². The molecule has 1 aliphatic heterocycles. The molecule has 0 unspecified atom stereocenters. The van der Waals surface area contributed by atoms with Gasteiger partial charge in [-0.05, 0) is 48.7 Å². The predicted octanol–water partition coefficient (Wildman–Crippen LogP) is 2.86. The summed E-state index contributed by atoms with van der Waals surface area (Å²) >= 11 is 0. The average Bonchev–Trinajstić information content (AvgIpc) is 2.89. The van der Waals surface area contributed by atoms with Crippen molar-refractivity contribution in [2.75, 3.05) is 26.2 Å². The number of benzene rings is 1. The first-order valence-electron chi connectivity index (χ1n) is 11.7. The average molecular weight is 490 g/mol. The van der Waals surface area contributed by atoms with Crippen LogP contribution in [0.4, 0.5) is 0 Å². The van der Waals surface area contributed by atoms with Crippen LogP contribution >= 0.6 is 0 Å². The van der Waals surface area contributed by atoms with Crippen LogP contribution in [0.5, 0.6) is 0 Å². The first-order valence-corrected chi connectivity index (χ1v) is 13.1. The van der Waals surface area contributed by atoms with Crippen molar-refractivity contribution in [3.8, 4) is 0 Å². The SMILES string of the molecule is O=C(C1=CC=C(NS(=O)(=O)c2cccc3cccnc23)CC1)N1CCN(Cc2ccncc2)CC1. The number of hydrogen-bond donors (Lipinski definition) is 1. The molecule has 8 nitrogen and oxygen atoms in total. The van der Waals surface area contributed by atoms with E-state index in [2.05, 4.69) is 19.6 Å². The summed E-state index contributed by atoms with van der Waals surface area (Å²) in [4.78, 5) is 25.7. The van der Waals surface area contributed by atoms with E-state index in [0.717, 1.165) is 25.0 Å². The lowest BCUT2D eigenvalue weighted by atomic mass is 10.0. The lowest BCUT2D eigenvalue weighted by Gasteiger charge is -2.35. The molecule has 1 N–H and O–H groups in total. The number of allylic oxidation sites excluding steroid dienone is 3. The normalized spacial score (nSPS) is 17.1. The smallest absolute Gasteiger partial charge is 0.263 e. The molecule has 1 amide bonds. The van der Waals surface area contributed by atoms with Gasteiger partial charge in [0.25, 0.3) is 10.0 Å². The van der Waals surface area contributed by atoms with Gasteiger partial charge in [0.2, 0.25) is 5.91 Å². The molecule has 0 atom stereocenters. The molecule has 5 rings (SSSR count). The summed E-state index contributed by atoms with van der Waals surface area (Å²) in [5.41, 5.74) is 2.93. The Hall–Kier alpha value is -3.56. The van der Waals surface area contributed by atoms with Crippen LogP contribution in [0.1, 0.15) is 18.4 Å². The minimum atomic E-state index is -3.79. The number of pyridine rings is 2. The first-order chi connectivity index (χ1) is 17.0. The van der Waals surface area contributed by atoms with Gasteiger partial charge in [0.15, 0.2) is 0 Å². The number of rotatable bonds is 6. The molecular formula is C26H27N5O3S. The highest BCUT2D eigenvalue weighted by Gasteiger charge is 2.26. The summed E-state index contributed by atoms with van der Waals surface area (Å²) in [5, 5.41) is 0.765. The minimum absolute atomic E-state index is 0.0324.